The molecule has 0 heterocycles. The Kier molecular flexibility index (Phi) is 5.58. The maximum absolute atomic E-state index is 10.7. The van der Waals surface area contributed by atoms with Crippen molar-refractivity contribution in [2.75, 3.05) is 13.2 Å². The summed E-state index contributed by atoms with van der Waals surface area (Å²) in [7, 11) is 0. The van der Waals surface area contributed by atoms with E-state index in [9.17, 15) is 5.11 Å². The summed E-state index contributed by atoms with van der Waals surface area (Å²) in [6.07, 6.45) is 6.26. The Morgan fingerprint density at radius 1 is 1.30 bits per heavy atom. The number of hydrogen-bond donors (Lipinski definition) is 2. The van der Waals surface area contributed by atoms with Gasteiger partial charge in [-0.15, -0.1) is 0 Å². The smallest absolute Gasteiger partial charge is 0.125 e. The molecular weight excluding hydrogens is 250 g/mol. The molecule has 1 saturated carbocycles. The van der Waals surface area contributed by atoms with E-state index in [1.54, 1.807) is 0 Å². The van der Waals surface area contributed by atoms with E-state index in [1.165, 1.54) is 19.3 Å². The van der Waals surface area contributed by atoms with Crippen molar-refractivity contribution in [1.29, 1.82) is 0 Å². The predicted octanol–water partition coefficient (Wildman–Crippen LogP) is 2.82. The van der Waals surface area contributed by atoms with Crippen molar-refractivity contribution >= 4 is 0 Å². The summed E-state index contributed by atoms with van der Waals surface area (Å²) in [4.78, 5) is 0. The van der Waals surface area contributed by atoms with E-state index in [1.807, 2.05) is 30.3 Å². The molecule has 3 N–H and O–H groups in total. The second-order valence-corrected chi connectivity index (χ2v) is 5.98. The fraction of sp³-hybridized carbons (Fsp3) is 0.647. The molecule has 2 rings (SSSR count). The number of aliphatic hydroxyl groups is 1. The van der Waals surface area contributed by atoms with Gasteiger partial charge in [-0.3, -0.25) is 0 Å². The first-order valence-corrected chi connectivity index (χ1v) is 7.77. The van der Waals surface area contributed by atoms with Gasteiger partial charge >= 0.3 is 0 Å². The highest BCUT2D eigenvalue weighted by Crippen LogP contribution is 2.30. The number of hydrogen-bond acceptors (Lipinski definition) is 3. The van der Waals surface area contributed by atoms with Crippen molar-refractivity contribution in [3.8, 4) is 0 Å². The molecule has 0 radical (unpaired) electrons. The molecule has 1 aromatic carbocycles. The van der Waals surface area contributed by atoms with Gasteiger partial charge in [0.25, 0.3) is 0 Å². The first-order valence-electron chi connectivity index (χ1n) is 7.77. The minimum absolute atomic E-state index is 0.181. The van der Waals surface area contributed by atoms with Crippen LogP contribution in [0.2, 0.25) is 0 Å². The third-order valence-electron chi connectivity index (χ3n) is 4.52. The highest BCUT2D eigenvalue weighted by molar-refractivity contribution is 5.22. The van der Waals surface area contributed by atoms with Gasteiger partial charge in [0.2, 0.25) is 0 Å². The van der Waals surface area contributed by atoms with Crippen LogP contribution in [0.4, 0.5) is 0 Å². The van der Waals surface area contributed by atoms with Crippen LogP contribution in [-0.2, 0) is 10.3 Å². The van der Waals surface area contributed by atoms with E-state index >= 15 is 0 Å². The molecule has 0 saturated heterocycles. The van der Waals surface area contributed by atoms with Crippen molar-refractivity contribution in [1.82, 2.24) is 0 Å². The Hall–Kier alpha value is -0.900. The van der Waals surface area contributed by atoms with Gasteiger partial charge in [-0.25, -0.2) is 0 Å². The first-order chi connectivity index (χ1) is 9.68. The minimum atomic E-state index is -1.07. The van der Waals surface area contributed by atoms with Gasteiger partial charge in [-0.05, 0) is 24.3 Å². The zero-order valence-corrected chi connectivity index (χ0v) is 12.4. The molecule has 20 heavy (non-hydrogen) atoms. The normalized spacial score (nSPS) is 26.1. The van der Waals surface area contributed by atoms with Gasteiger partial charge < -0.3 is 15.6 Å². The molecule has 1 aromatic rings. The molecular formula is C17H27NO2. The lowest BCUT2D eigenvalue weighted by molar-refractivity contribution is -0.0851. The van der Waals surface area contributed by atoms with Gasteiger partial charge in [0.1, 0.15) is 5.60 Å². The summed E-state index contributed by atoms with van der Waals surface area (Å²) in [5.41, 5.74) is 5.55. The molecule has 3 atom stereocenters. The maximum atomic E-state index is 10.7. The Morgan fingerprint density at radius 2 is 2.05 bits per heavy atom. The van der Waals surface area contributed by atoms with Crippen molar-refractivity contribution in [2.24, 2.45) is 11.7 Å². The van der Waals surface area contributed by atoms with Crippen LogP contribution >= 0.6 is 0 Å². The number of benzene rings is 1. The molecule has 0 aromatic heterocycles. The largest absolute Gasteiger partial charge is 0.381 e. The fourth-order valence-electron chi connectivity index (χ4n) is 3.03. The lowest BCUT2D eigenvalue weighted by Gasteiger charge is -2.33. The molecule has 1 aliphatic rings. The van der Waals surface area contributed by atoms with Crippen LogP contribution in [0.3, 0.4) is 0 Å². The maximum Gasteiger partial charge on any atom is 0.125 e. The Morgan fingerprint density at radius 3 is 2.70 bits per heavy atom. The van der Waals surface area contributed by atoms with E-state index in [-0.39, 0.29) is 19.3 Å². The zero-order chi connectivity index (χ0) is 14.4. The van der Waals surface area contributed by atoms with Crippen LogP contribution in [0.5, 0.6) is 0 Å². The minimum Gasteiger partial charge on any atom is -0.381 e. The quantitative estimate of drug-likeness (QED) is 0.840. The molecule has 3 unspecified atom stereocenters. The van der Waals surface area contributed by atoms with E-state index in [4.69, 9.17) is 10.5 Å². The van der Waals surface area contributed by atoms with Crippen molar-refractivity contribution in [3.05, 3.63) is 35.9 Å². The van der Waals surface area contributed by atoms with Crippen LogP contribution in [0, 0.1) is 5.92 Å². The first kappa shape index (κ1) is 15.5. The van der Waals surface area contributed by atoms with Gasteiger partial charge in [0.05, 0.1) is 12.7 Å². The van der Waals surface area contributed by atoms with Crippen LogP contribution < -0.4 is 5.73 Å². The summed E-state index contributed by atoms with van der Waals surface area (Å²) in [5.74, 6) is 0.774. The topological polar surface area (TPSA) is 55.5 Å². The highest BCUT2D eigenvalue weighted by atomic mass is 16.5. The second kappa shape index (κ2) is 7.21. The SMILES string of the molecule is CCC1CCCC(OCC(O)(CN)c2ccccc2)C1. The zero-order valence-electron chi connectivity index (χ0n) is 12.4. The molecule has 0 aliphatic heterocycles. The molecule has 112 valence electrons. The van der Waals surface area contributed by atoms with Crippen LogP contribution in [0.15, 0.2) is 30.3 Å². The molecule has 3 nitrogen and oxygen atoms in total. The summed E-state index contributed by atoms with van der Waals surface area (Å²) in [5, 5.41) is 10.7. The molecule has 1 aliphatic carbocycles. The summed E-state index contributed by atoms with van der Waals surface area (Å²) in [6.45, 7) is 2.71. The van der Waals surface area contributed by atoms with Gasteiger partial charge in [0.15, 0.2) is 0 Å². The van der Waals surface area contributed by atoms with Crippen LogP contribution in [0.1, 0.15) is 44.6 Å². The monoisotopic (exact) mass is 277 g/mol. The fourth-order valence-corrected chi connectivity index (χ4v) is 3.03. The third-order valence-corrected chi connectivity index (χ3v) is 4.52. The van der Waals surface area contributed by atoms with Crippen LogP contribution in [-0.4, -0.2) is 24.4 Å². The van der Waals surface area contributed by atoms with Gasteiger partial charge in [-0.2, -0.15) is 0 Å². The third kappa shape index (κ3) is 3.81. The molecule has 0 amide bonds. The van der Waals surface area contributed by atoms with Crippen molar-refractivity contribution < 1.29 is 9.84 Å². The van der Waals surface area contributed by atoms with E-state index in [0.29, 0.717) is 0 Å². The predicted molar refractivity (Wildman–Crippen MR) is 81.4 cm³/mol. The molecule has 3 heteroatoms. The average Bonchev–Trinajstić information content (AvgIpc) is 2.53. The summed E-state index contributed by atoms with van der Waals surface area (Å²) >= 11 is 0. The molecule has 1 fully saturated rings. The number of rotatable bonds is 6. The van der Waals surface area contributed by atoms with Gasteiger partial charge in [0, 0.05) is 6.54 Å². The molecule has 0 bridgehead atoms. The van der Waals surface area contributed by atoms with E-state index in [0.717, 1.165) is 24.3 Å². The summed E-state index contributed by atoms with van der Waals surface area (Å²) < 4.78 is 6.00. The number of ether oxygens (including phenoxy) is 1. The second-order valence-electron chi connectivity index (χ2n) is 5.98. The Bertz CT molecular complexity index is 395. The average molecular weight is 277 g/mol. The van der Waals surface area contributed by atoms with E-state index in [2.05, 4.69) is 6.92 Å². The van der Waals surface area contributed by atoms with Crippen molar-refractivity contribution in [2.45, 2.75) is 50.7 Å². The van der Waals surface area contributed by atoms with Crippen LogP contribution in [0.25, 0.3) is 0 Å². The standard InChI is InChI=1S/C17H27NO2/c1-2-14-7-6-10-16(11-14)20-13-17(19,12-18)15-8-4-3-5-9-15/h3-5,8-9,14,16,19H,2,6-7,10-13,18H2,1H3. The van der Waals surface area contributed by atoms with Gasteiger partial charge in [-0.1, -0.05) is 56.5 Å². The van der Waals surface area contributed by atoms with E-state index < -0.39 is 5.60 Å². The Balaban J connectivity index is 1.93. The lowest BCUT2D eigenvalue weighted by Crippen LogP contribution is -2.41. The number of nitrogens with two attached hydrogens (primary N) is 1. The highest BCUT2D eigenvalue weighted by Gasteiger charge is 2.30. The molecule has 0 spiro atoms. The Labute approximate surface area is 122 Å². The summed E-state index contributed by atoms with van der Waals surface area (Å²) in [6, 6.07) is 9.60. The van der Waals surface area contributed by atoms with Crippen molar-refractivity contribution in [3.63, 3.8) is 0 Å². The lowest BCUT2D eigenvalue weighted by atomic mass is 9.85.